The Hall–Kier alpha value is -1.36. The maximum Gasteiger partial charge on any atom is 0.220 e. The van der Waals surface area contributed by atoms with Crippen molar-refractivity contribution >= 4 is 5.91 Å². The van der Waals surface area contributed by atoms with E-state index in [0.29, 0.717) is 18.9 Å². The second-order valence-electron chi connectivity index (χ2n) is 4.70. The zero-order valence-electron chi connectivity index (χ0n) is 10.3. The average molecular weight is 236 g/mol. The number of hydrogen-bond donors (Lipinski definition) is 2. The highest BCUT2D eigenvalue weighted by Gasteiger charge is 2.16. The lowest BCUT2D eigenvalue weighted by molar-refractivity contribution is -0.122. The fourth-order valence-corrected chi connectivity index (χ4v) is 2.18. The maximum absolute atomic E-state index is 11.7. The summed E-state index contributed by atoms with van der Waals surface area (Å²) < 4.78 is 1.74. The highest BCUT2D eigenvalue weighted by molar-refractivity contribution is 5.76. The van der Waals surface area contributed by atoms with E-state index < -0.39 is 0 Å². The van der Waals surface area contributed by atoms with Crippen LogP contribution in [0.1, 0.15) is 24.8 Å². The number of carbonyl (C=O) groups is 1. The predicted octanol–water partition coefficient (Wildman–Crippen LogP) is 0.426. The highest BCUT2D eigenvalue weighted by atomic mass is 16.1. The maximum atomic E-state index is 11.7. The number of aryl methyl sites for hydroxylation is 1. The lowest BCUT2D eigenvalue weighted by Crippen LogP contribution is -2.32. The van der Waals surface area contributed by atoms with Crippen LogP contribution in [0.4, 0.5) is 0 Å². The van der Waals surface area contributed by atoms with E-state index in [2.05, 4.69) is 15.7 Å². The number of amides is 1. The van der Waals surface area contributed by atoms with E-state index in [1.165, 1.54) is 0 Å². The van der Waals surface area contributed by atoms with E-state index in [0.717, 1.165) is 31.5 Å². The van der Waals surface area contributed by atoms with Crippen LogP contribution >= 0.6 is 0 Å². The summed E-state index contributed by atoms with van der Waals surface area (Å²) >= 11 is 0. The fraction of sp³-hybridized carbons (Fsp3) is 0.667. The third-order valence-corrected chi connectivity index (χ3v) is 3.18. The minimum absolute atomic E-state index is 0.153. The molecular weight excluding hydrogens is 216 g/mol. The van der Waals surface area contributed by atoms with Gasteiger partial charge in [-0.2, -0.15) is 5.10 Å². The van der Waals surface area contributed by atoms with Crippen LogP contribution in [-0.4, -0.2) is 28.8 Å². The molecule has 1 aromatic heterocycles. The molecule has 0 saturated carbocycles. The molecule has 1 fully saturated rings. The molecule has 0 spiro atoms. The lowest BCUT2D eigenvalue weighted by atomic mass is 9.94. The molecule has 17 heavy (non-hydrogen) atoms. The summed E-state index contributed by atoms with van der Waals surface area (Å²) in [5.41, 5.74) is 1.05. The molecule has 0 atom stereocenters. The molecule has 0 aliphatic carbocycles. The number of rotatable bonds is 4. The van der Waals surface area contributed by atoms with Crippen LogP contribution in [0, 0.1) is 5.92 Å². The molecule has 2 N–H and O–H groups in total. The molecule has 0 aromatic carbocycles. The zero-order valence-corrected chi connectivity index (χ0v) is 10.3. The summed E-state index contributed by atoms with van der Waals surface area (Å²) in [6.45, 7) is 2.67. The Morgan fingerprint density at radius 3 is 3.00 bits per heavy atom. The number of carbonyl (C=O) groups excluding carboxylic acids is 1. The summed E-state index contributed by atoms with van der Waals surface area (Å²) in [4.78, 5) is 11.7. The number of nitrogens with one attached hydrogen (secondary N) is 2. The molecule has 1 amide bonds. The van der Waals surface area contributed by atoms with Gasteiger partial charge in [-0.05, 0) is 31.8 Å². The first-order chi connectivity index (χ1) is 8.24. The molecule has 5 heteroatoms. The van der Waals surface area contributed by atoms with Crippen molar-refractivity contribution in [1.29, 1.82) is 0 Å². The minimum Gasteiger partial charge on any atom is -0.352 e. The largest absolute Gasteiger partial charge is 0.352 e. The van der Waals surface area contributed by atoms with Gasteiger partial charge in [-0.15, -0.1) is 0 Å². The van der Waals surface area contributed by atoms with Crippen LogP contribution in [0.2, 0.25) is 0 Å². The third kappa shape index (κ3) is 3.85. The first kappa shape index (κ1) is 12.1. The van der Waals surface area contributed by atoms with Crippen LogP contribution in [0.15, 0.2) is 12.4 Å². The first-order valence-electron chi connectivity index (χ1n) is 6.19. The van der Waals surface area contributed by atoms with Crippen molar-refractivity contribution in [2.45, 2.75) is 25.8 Å². The van der Waals surface area contributed by atoms with Gasteiger partial charge in [-0.25, -0.2) is 0 Å². The zero-order chi connectivity index (χ0) is 12.1. The molecule has 5 nitrogen and oxygen atoms in total. The first-order valence-corrected chi connectivity index (χ1v) is 6.19. The Kier molecular flexibility index (Phi) is 4.14. The second kappa shape index (κ2) is 5.82. The van der Waals surface area contributed by atoms with Crippen molar-refractivity contribution in [2.24, 2.45) is 13.0 Å². The van der Waals surface area contributed by atoms with E-state index >= 15 is 0 Å². The van der Waals surface area contributed by atoms with Crippen molar-refractivity contribution < 1.29 is 4.79 Å². The summed E-state index contributed by atoms with van der Waals surface area (Å²) in [6, 6.07) is 0. The summed E-state index contributed by atoms with van der Waals surface area (Å²) in [5.74, 6) is 0.700. The Morgan fingerprint density at radius 1 is 1.59 bits per heavy atom. The fourth-order valence-electron chi connectivity index (χ4n) is 2.18. The SMILES string of the molecule is Cn1cc(CNC(=O)CC2CCNCC2)cn1. The van der Waals surface area contributed by atoms with Crippen molar-refractivity contribution in [1.82, 2.24) is 20.4 Å². The summed E-state index contributed by atoms with van der Waals surface area (Å²) in [7, 11) is 1.88. The molecule has 0 unspecified atom stereocenters. The average Bonchev–Trinajstić information content (AvgIpc) is 2.74. The number of aromatic nitrogens is 2. The van der Waals surface area contributed by atoms with E-state index in [-0.39, 0.29) is 5.91 Å². The van der Waals surface area contributed by atoms with Gasteiger partial charge >= 0.3 is 0 Å². The molecule has 1 aliphatic rings. The van der Waals surface area contributed by atoms with E-state index in [4.69, 9.17) is 0 Å². The van der Waals surface area contributed by atoms with Crippen molar-refractivity contribution in [3.8, 4) is 0 Å². The van der Waals surface area contributed by atoms with E-state index in [1.807, 2.05) is 13.2 Å². The van der Waals surface area contributed by atoms with E-state index in [9.17, 15) is 4.79 Å². The molecule has 2 heterocycles. The molecular formula is C12H20N4O. The monoisotopic (exact) mass is 236 g/mol. The molecule has 0 bridgehead atoms. The number of piperidine rings is 1. The standard InChI is InChI=1S/C12H20N4O/c1-16-9-11(8-15-16)7-14-12(17)6-10-2-4-13-5-3-10/h8-10,13H,2-7H2,1H3,(H,14,17). The Morgan fingerprint density at radius 2 is 2.35 bits per heavy atom. The minimum atomic E-state index is 0.153. The smallest absolute Gasteiger partial charge is 0.220 e. The Labute approximate surface area is 102 Å². The highest BCUT2D eigenvalue weighted by Crippen LogP contribution is 2.15. The molecule has 1 aromatic rings. The Balaban J connectivity index is 1.70. The van der Waals surface area contributed by atoms with Gasteiger partial charge in [-0.3, -0.25) is 9.48 Å². The third-order valence-electron chi connectivity index (χ3n) is 3.18. The van der Waals surface area contributed by atoms with Crippen molar-refractivity contribution in [2.75, 3.05) is 13.1 Å². The van der Waals surface area contributed by atoms with Gasteiger partial charge in [0.1, 0.15) is 0 Å². The molecule has 94 valence electrons. The van der Waals surface area contributed by atoms with Gasteiger partial charge in [0.2, 0.25) is 5.91 Å². The van der Waals surface area contributed by atoms with Crippen LogP contribution in [0.3, 0.4) is 0 Å². The van der Waals surface area contributed by atoms with E-state index in [1.54, 1.807) is 10.9 Å². The number of hydrogen-bond acceptors (Lipinski definition) is 3. The number of nitrogens with zero attached hydrogens (tertiary/aromatic N) is 2. The van der Waals surface area contributed by atoms with Crippen LogP contribution in [0.5, 0.6) is 0 Å². The molecule has 0 radical (unpaired) electrons. The van der Waals surface area contributed by atoms with Crippen LogP contribution in [-0.2, 0) is 18.4 Å². The summed E-state index contributed by atoms with van der Waals surface area (Å²) in [6.07, 6.45) is 6.58. The van der Waals surface area contributed by atoms with Crippen LogP contribution in [0.25, 0.3) is 0 Å². The molecule has 2 rings (SSSR count). The van der Waals surface area contributed by atoms with Crippen molar-refractivity contribution in [3.63, 3.8) is 0 Å². The van der Waals surface area contributed by atoms with Gasteiger partial charge < -0.3 is 10.6 Å². The lowest BCUT2D eigenvalue weighted by Gasteiger charge is -2.21. The van der Waals surface area contributed by atoms with Gasteiger partial charge in [0.05, 0.1) is 6.20 Å². The van der Waals surface area contributed by atoms with Gasteiger partial charge in [0, 0.05) is 31.8 Å². The second-order valence-corrected chi connectivity index (χ2v) is 4.70. The molecule has 1 aliphatic heterocycles. The topological polar surface area (TPSA) is 59.0 Å². The normalized spacial score (nSPS) is 17.0. The Bertz CT molecular complexity index is 368. The molecule has 1 saturated heterocycles. The van der Waals surface area contributed by atoms with Crippen molar-refractivity contribution in [3.05, 3.63) is 18.0 Å². The van der Waals surface area contributed by atoms with Gasteiger partial charge in [0.15, 0.2) is 0 Å². The van der Waals surface area contributed by atoms with Crippen LogP contribution < -0.4 is 10.6 Å². The van der Waals surface area contributed by atoms with Gasteiger partial charge in [-0.1, -0.05) is 0 Å². The van der Waals surface area contributed by atoms with Gasteiger partial charge in [0.25, 0.3) is 0 Å². The predicted molar refractivity (Wildman–Crippen MR) is 65.3 cm³/mol. The summed E-state index contributed by atoms with van der Waals surface area (Å²) in [5, 5.41) is 10.3. The quantitative estimate of drug-likeness (QED) is 0.797.